The Kier molecular flexibility index (Phi) is 6.57. The molecule has 22 heavy (non-hydrogen) atoms. The lowest BCUT2D eigenvalue weighted by Crippen LogP contribution is -2.25. The van der Waals surface area contributed by atoms with Crippen molar-refractivity contribution >= 4 is 28.6 Å². The second-order valence-corrected chi connectivity index (χ2v) is 6.77. The van der Waals surface area contributed by atoms with Crippen LogP contribution in [-0.4, -0.2) is 40.9 Å². The minimum Gasteiger partial charge on any atom is -0.476 e. The molecule has 1 rings (SSSR count). The van der Waals surface area contributed by atoms with E-state index in [9.17, 15) is 22.0 Å². The Morgan fingerprint density at radius 3 is 2.36 bits per heavy atom. The molecule has 0 aliphatic carbocycles. The molecule has 0 heterocycles. The molecule has 0 aromatic heterocycles. The average Bonchev–Trinajstić information content (AvgIpc) is 2.42. The summed E-state index contributed by atoms with van der Waals surface area (Å²) in [7, 11) is -2.33. The number of carbonyl (C=O) groups excluding carboxylic acids is 1. The van der Waals surface area contributed by atoms with E-state index in [-0.39, 0.29) is 12.1 Å². The second-order valence-electron chi connectivity index (χ2n) is 4.31. The minimum atomic E-state index is -3.44. The van der Waals surface area contributed by atoms with Gasteiger partial charge in [-0.3, -0.25) is 0 Å². The zero-order valence-electron chi connectivity index (χ0n) is 11.8. The Balaban J connectivity index is 2.86. The van der Waals surface area contributed by atoms with E-state index in [2.05, 4.69) is 22.1 Å². The highest BCUT2D eigenvalue weighted by atomic mass is 32.2. The lowest BCUT2D eigenvalue weighted by atomic mass is 10.1. The van der Waals surface area contributed by atoms with Gasteiger partial charge in [-0.1, -0.05) is 0 Å². The number of hydrogen-bond acceptors (Lipinski definition) is 6. The number of thiol groups is 1. The third-order valence-corrected chi connectivity index (χ3v) is 3.68. The summed E-state index contributed by atoms with van der Waals surface area (Å²) in [6.45, 7) is -0.771. The van der Waals surface area contributed by atoms with Crippen molar-refractivity contribution in [1.82, 2.24) is 4.72 Å². The van der Waals surface area contributed by atoms with Gasteiger partial charge in [0.1, 0.15) is 0 Å². The smallest absolute Gasteiger partial charge is 0.343 e. The largest absolute Gasteiger partial charge is 0.476 e. The second kappa shape index (κ2) is 7.75. The number of esters is 1. The van der Waals surface area contributed by atoms with Gasteiger partial charge in [0, 0.05) is 11.8 Å². The van der Waals surface area contributed by atoms with Crippen molar-refractivity contribution in [3.8, 4) is 5.75 Å². The topological polar surface area (TPSA) is 81.7 Å². The monoisotopic (exact) mass is 355 g/mol. The molecule has 0 radical (unpaired) electrons. The molecule has 0 saturated heterocycles. The molecule has 1 unspecified atom stereocenters. The first-order valence-electron chi connectivity index (χ1n) is 5.95. The molecule has 6 nitrogen and oxygen atoms in total. The molecule has 124 valence electrons. The summed E-state index contributed by atoms with van der Waals surface area (Å²) >= 11 is 4.09. The number of halogens is 2. The average molecular weight is 355 g/mol. The molecule has 1 atom stereocenters. The summed E-state index contributed by atoms with van der Waals surface area (Å²) in [4.78, 5) is 10.9. The Morgan fingerprint density at radius 1 is 1.36 bits per heavy atom. The SMILES string of the molecule is COC(=O)COc1c(F)cc(C(S)CNS(C)(=O)=O)cc1F. The maximum absolute atomic E-state index is 13.8. The van der Waals surface area contributed by atoms with Gasteiger partial charge >= 0.3 is 5.97 Å². The van der Waals surface area contributed by atoms with Crippen LogP contribution in [0.5, 0.6) is 5.75 Å². The molecule has 1 N–H and O–H groups in total. The number of carbonyl (C=O) groups is 1. The summed E-state index contributed by atoms with van der Waals surface area (Å²) in [5.74, 6) is -3.56. The summed E-state index contributed by atoms with van der Waals surface area (Å²) in [6.07, 6.45) is 0.957. The standard InChI is InChI=1S/C12H15F2NO5S2/c1-19-11(16)6-20-12-8(13)3-7(4-9(12)14)10(21)5-15-22(2,17)18/h3-4,10,15,21H,5-6H2,1-2H3. The van der Waals surface area contributed by atoms with Gasteiger partial charge in [0.15, 0.2) is 24.0 Å². The van der Waals surface area contributed by atoms with Crippen molar-refractivity contribution in [3.63, 3.8) is 0 Å². The van der Waals surface area contributed by atoms with E-state index in [4.69, 9.17) is 4.74 Å². The lowest BCUT2D eigenvalue weighted by molar-refractivity contribution is -0.143. The molecule has 0 fully saturated rings. The van der Waals surface area contributed by atoms with Crippen molar-refractivity contribution in [1.29, 1.82) is 0 Å². The third-order valence-electron chi connectivity index (χ3n) is 2.51. The highest BCUT2D eigenvalue weighted by Crippen LogP contribution is 2.28. The van der Waals surface area contributed by atoms with Crippen LogP contribution in [0.25, 0.3) is 0 Å². The Hall–Kier alpha value is -1.39. The van der Waals surface area contributed by atoms with E-state index >= 15 is 0 Å². The van der Waals surface area contributed by atoms with Crippen LogP contribution in [0.15, 0.2) is 12.1 Å². The maximum Gasteiger partial charge on any atom is 0.343 e. The summed E-state index contributed by atoms with van der Waals surface area (Å²) < 4.78 is 60.8. The van der Waals surface area contributed by atoms with Gasteiger partial charge < -0.3 is 9.47 Å². The quantitative estimate of drug-likeness (QED) is 0.564. The van der Waals surface area contributed by atoms with Crippen molar-refractivity contribution in [2.45, 2.75) is 5.25 Å². The van der Waals surface area contributed by atoms with Gasteiger partial charge in [0.2, 0.25) is 10.0 Å². The third kappa shape index (κ3) is 5.78. The van der Waals surface area contributed by atoms with E-state index in [0.29, 0.717) is 0 Å². The van der Waals surface area contributed by atoms with E-state index in [0.717, 1.165) is 25.5 Å². The first kappa shape index (κ1) is 18.7. The van der Waals surface area contributed by atoms with Crippen LogP contribution in [0.4, 0.5) is 8.78 Å². The fourth-order valence-electron chi connectivity index (χ4n) is 1.45. The van der Waals surface area contributed by atoms with Gasteiger partial charge in [-0.05, 0) is 17.7 Å². The highest BCUT2D eigenvalue weighted by Gasteiger charge is 2.18. The highest BCUT2D eigenvalue weighted by molar-refractivity contribution is 7.88. The molecule has 0 spiro atoms. The summed E-state index contributed by atoms with van der Waals surface area (Å²) in [6, 6.07) is 1.91. The molecule has 1 aromatic rings. The number of benzene rings is 1. The summed E-state index contributed by atoms with van der Waals surface area (Å²) in [5.41, 5.74) is 0.125. The number of rotatable bonds is 7. The van der Waals surface area contributed by atoms with Crippen molar-refractivity contribution in [3.05, 3.63) is 29.3 Å². The normalized spacial score (nSPS) is 12.8. The zero-order chi connectivity index (χ0) is 16.9. The first-order chi connectivity index (χ1) is 10.1. The summed E-state index contributed by atoms with van der Waals surface area (Å²) in [5, 5.41) is -0.756. The van der Waals surface area contributed by atoms with Crippen molar-refractivity contribution in [2.24, 2.45) is 0 Å². The van der Waals surface area contributed by atoms with E-state index in [1.54, 1.807) is 0 Å². The fraction of sp³-hybridized carbons (Fsp3) is 0.417. The Labute approximate surface area is 132 Å². The van der Waals surface area contributed by atoms with Gasteiger partial charge in [-0.25, -0.2) is 26.7 Å². The van der Waals surface area contributed by atoms with Gasteiger partial charge in [0.25, 0.3) is 0 Å². The number of nitrogens with one attached hydrogen (secondary N) is 1. The van der Waals surface area contributed by atoms with Crippen LogP contribution >= 0.6 is 12.6 Å². The molecule has 0 aliphatic heterocycles. The zero-order valence-corrected chi connectivity index (χ0v) is 13.5. The van der Waals surface area contributed by atoms with E-state index < -0.39 is 45.2 Å². The number of ether oxygens (including phenoxy) is 2. The Morgan fingerprint density at radius 2 is 1.91 bits per heavy atom. The molecule has 0 bridgehead atoms. The number of methoxy groups -OCH3 is 1. The predicted molar refractivity (Wildman–Crippen MR) is 78.4 cm³/mol. The fourth-order valence-corrected chi connectivity index (χ4v) is 2.28. The van der Waals surface area contributed by atoms with Crippen LogP contribution in [-0.2, 0) is 19.6 Å². The van der Waals surface area contributed by atoms with Crippen LogP contribution in [0.2, 0.25) is 0 Å². The van der Waals surface area contributed by atoms with Crippen LogP contribution in [0, 0.1) is 11.6 Å². The molecule has 1 aromatic carbocycles. The molecule has 10 heteroatoms. The van der Waals surface area contributed by atoms with Gasteiger partial charge in [-0.15, -0.1) is 0 Å². The predicted octanol–water partition coefficient (Wildman–Crippen LogP) is 1.04. The van der Waals surface area contributed by atoms with Gasteiger partial charge in [0.05, 0.1) is 13.4 Å². The maximum atomic E-state index is 13.8. The first-order valence-corrected chi connectivity index (χ1v) is 8.36. The van der Waals surface area contributed by atoms with Crippen LogP contribution in [0.3, 0.4) is 0 Å². The lowest BCUT2D eigenvalue weighted by Gasteiger charge is -2.14. The van der Waals surface area contributed by atoms with Crippen LogP contribution in [0.1, 0.15) is 10.8 Å². The molecule has 0 aliphatic rings. The van der Waals surface area contributed by atoms with E-state index in [1.807, 2.05) is 0 Å². The molecule has 0 amide bonds. The van der Waals surface area contributed by atoms with Crippen molar-refractivity contribution < 1.29 is 31.5 Å². The van der Waals surface area contributed by atoms with Gasteiger partial charge in [-0.2, -0.15) is 12.6 Å². The molecular formula is C12H15F2NO5S2. The van der Waals surface area contributed by atoms with Crippen LogP contribution < -0.4 is 9.46 Å². The van der Waals surface area contributed by atoms with E-state index in [1.165, 1.54) is 0 Å². The molecular weight excluding hydrogens is 340 g/mol. The molecule has 0 saturated carbocycles. The Bertz CT molecular complexity index is 628. The number of hydrogen-bond donors (Lipinski definition) is 2. The minimum absolute atomic E-state index is 0.125. The number of sulfonamides is 1. The van der Waals surface area contributed by atoms with Crippen molar-refractivity contribution in [2.75, 3.05) is 26.5 Å².